The van der Waals surface area contributed by atoms with Gasteiger partial charge < -0.3 is 10.4 Å². The van der Waals surface area contributed by atoms with E-state index in [2.05, 4.69) is 25.2 Å². The number of rotatable bonds is 8. The number of aromatic hydroxyl groups is 1. The summed E-state index contributed by atoms with van der Waals surface area (Å²) in [5.74, 6) is 0.368. The summed E-state index contributed by atoms with van der Waals surface area (Å²) in [5.41, 5.74) is 1.22. The zero-order valence-electron chi connectivity index (χ0n) is 11.1. The highest BCUT2D eigenvalue weighted by molar-refractivity contribution is 5.27. The molecule has 0 fully saturated rings. The standard InChI is InChI=1S/C15H25NO/c1-3-5-8-14(16-10-4-2)11-13-7-6-9-15(17)12-13/h6-7,9,12,14,16-17H,3-5,8,10-11H2,1-2H3. The van der Waals surface area contributed by atoms with Gasteiger partial charge in [0.25, 0.3) is 0 Å². The van der Waals surface area contributed by atoms with E-state index in [9.17, 15) is 5.11 Å². The fourth-order valence-electron chi connectivity index (χ4n) is 2.04. The van der Waals surface area contributed by atoms with E-state index < -0.39 is 0 Å². The lowest BCUT2D eigenvalue weighted by atomic mass is 10.0. The Morgan fingerprint density at radius 2 is 2.06 bits per heavy atom. The van der Waals surface area contributed by atoms with E-state index in [4.69, 9.17) is 0 Å². The summed E-state index contributed by atoms with van der Waals surface area (Å²) in [5, 5.41) is 13.0. The summed E-state index contributed by atoms with van der Waals surface area (Å²) in [6.45, 7) is 5.50. The molecule has 0 saturated heterocycles. The zero-order valence-corrected chi connectivity index (χ0v) is 11.1. The first kappa shape index (κ1) is 14.0. The van der Waals surface area contributed by atoms with Gasteiger partial charge in [0, 0.05) is 6.04 Å². The fraction of sp³-hybridized carbons (Fsp3) is 0.600. The lowest BCUT2D eigenvalue weighted by Gasteiger charge is -2.18. The number of benzene rings is 1. The van der Waals surface area contributed by atoms with Crippen molar-refractivity contribution in [3.8, 4) is 5.75 Å². The van der Waals surface area contributed by atoms with Crippen LogP contribution in [0.25, 0.3) is 0 Å². The van der Waals surface area contributed by atoms with Crippen molar-refractivity contribution in [1.82, 2.24) is 5.32 Å². The summed E-state index contributed by atoms with van der Waals surface area (Å²) in [7, 11) is 0. The highest BCUT2D eigenvalue weighted by Gasteiger charge is 2.08. The van der Waals surface area contributed by atoms with Crippen LogP contribution in [0.5, 0.6) is 5.75 Å². The molecule has 1 rings (SSSR count). The largest absolute Gasteiger partial charge is 0.508 e. The molecule has 0 radical (unpaired) electrons. The minimum Gasteiger partial charge on any atom is -0.508 e. The van der Waals surface area contributed by atoms with Gasteiger partial charge in [0.15, 0.2) is 0 Å². The predicted octanol–water partition coefficient (Wildman–Crippen LogP) is 3.49. The second-order valence-corrected chi connectivity index (χ2v) is 4.67. The molecule has 2 nitrogen and oxygen atoms in total. The van der Waals surface area contributed by atoms with Gasteiger partial charge in [-0.25, -0.2) is 0 Å². The van der Waals surface area contributed by atoms with Crippen molar-refractivity contribution in [2.45, 2.75) is 52.0 Å². The molecule has 0 aliphatic rings. The summed E-state index contributed by atoms with van der Waals surface area (Å²) >= 11 is 0. The smallest absolute Gasteiger partial charge is 0.115 e. The molecule has 96 valence electrons. The molecule has 2 N–H and O–H groups in total. The number of phenols is 1. The van der Waals surface area contributed by atoms with Crippen LogP contribution in [0.15, 0.2) is 24.3 Å². The molecule has 2 heteroatoms. The van der Waals surface area contributed by atoms with Crippen molar-refractivity contribution < 1.29 is 5.11 Å². The van der Waals surface area contributed by atoms with E-state index in [0.717, 1.165) is 13.0 Å². The maximum absolute atomic E-state index is 9.46. The first-order valence-corrected chi connectivity index (χ1v) is 6.77. The van der Waals surface area contributed by atoms with Crippen molar-refractivity contribution in [2.75, 3.05) is 6.54 Å². The third-order valence-corrected chi connectivity index (χ3v) is 2.98. The van der Waals surface area contributed by atoms with Crippen molar-refractivity contribution in [3.05, 3.63) is 29.8 Å². The van der Waals surface area contributed by atoms with Gasteiger partial charge in [-0.1, -0.05) is 38.8 Å². The fourth-order valence-corrected chi connectivity index (χ4v) is 2.04. The monoisotopic (exact) mass is 235 g/mol. The maximum Gasteiger partial charge on any atom is 0.115 e. The minimum absolute atomic E-state index is 0.368. The zero-order chi connectivity index (χ0) is 12.5. The lowest BCUT2D eigenvalue weighted by Crippen LogP contribution is -2.31. The Kier molecular flexibility index (Phi) is 6.71. The van der Waals surface area contributed by atoms with Crippen LogP contribution < -0.4 is 5.32 Å². The van der Waals surface area contributed by atoms with E-state index in [1.165, 1.54) is 31.2 Å². The number of hydrogen-bond donors (Lipinski definition) is 2. The van der Waals surface area contributed by atoms with Gasteiger partial charge in [0.1, 0.15) is 5.75 Å². The molecular weight excluding hydrogens is 210 g/mol. The van der Waals surface area contributed by atoms with Crippen LogP contribution in [0.4, 0.5) is 0 Å². The first-order chi connectivity index (χ1) is 8.26. The Bertz CT molecular complexity index is 304. The third-order valence-electron chi connectivity index (χ3n) is 2.98. The quantitative estimate of drug-likeness (QED) is 0.723. The van der Waals surface area contributed by atoms with E-state index >= 15 is 0 Å². The molecular formula is C15H25NO. The van der Waals surface area contributed by atoms with E-state index in [1.807, 2.05) is 12.1 Å². The highest BCUT2D eigenvalue weighted by Crippen LogP contribution is 2.14. The van der Waals surface area contributed by atoms with Crippen LogP contribution in [0.1, 0.15) is 45.1 Å². The molecule has 17 heavy (non-hydrogen) atoms. The Morgan fingerprint density at radius 1 is 1.24 bits per heavy atom. The lowest BCUT2D eigenvalue weighted by molar-refractivity contribution is 0.457. The summed E-state index contributed by atoms with van der Waals surface area (Å²) in [6.07, 6.45) is 5.90. The third kappa shape index (κ3) is 5.73. The van der Waals surface area contributed by atoms with Crippen molar-refractivity contribution in [1.29, 1.82) is 0 Å². The highest BCUT2D eigenvalue weighted by atomic mass is 16.3. The van der Waals surface area contributed by atoms with Crippen LogP contribution >= 0.6 is 0 Å². The van der Waals surface area contributed by atoms with Gasteiger partial charge in [0.05, 0.1) is 0 Å². The van der Waals surface area contributed by atoms with E-state index in [1.54, 1.807) is 6.07 Å². The average Bonchev–Trinajstić information content (AvgIpc) is 2.32. The van der Waals surface area contributed by atoms with E-state index in [0.29, 0.717) is 11.8 Å². The van der Waals surface area contributed by atoms with Crippen LogP contribution in [0, 0.1) is 0 Å². The van der Waals surface area contributed by atoms with Crippen LogP contribution in [-0.2, 0) is 6.42 Å². The van der Waals surface area contributed by atoms with Gasteiger partial charge in [-0.05, 0) is 43.5 Å². The second kappa shape index (κ2) is 8.13. The normalized spacial score (nSPS) is 12.6. The van der Waals surface area contributed by atoms with Gasteiger partial charge in [-0.2, -0.15) is 0 Å². The Morgan fingerprint density at radius 3 is 2.71 bits per heavy atom. The maximum atomic E-state index is 9.46. The number of nitrogens with one attached hydrogen (secondary N) is 1. The molecule has 1 unspecified atom stereocenters. The van der Waals surface area contributed by atoms with Crippen molar-refractivity contribution >= 4 is 0 Å². The number of phenolic OH excluding ortho intramolecular Hbond substituents is 1. The van der Waals surface area contributed by atoms with Gasteiger partial charge in [0.2, 0.25) is 0 Å². The number of hydrogen-bond acceptors (Lipinski definition) is 2. The van der Waals surface area contributed by atoms with Crippen LogP contribution in [0.3, 0.4) is 0 Å². The molecule has 0 amide bonds. The van der Waals surface area contributed by atoms with Gasteiger partial charge >= 0.3 is 0 Å². The molecule has 1 aromatic rings. The van der Waals surface area contributed by atoms with Crippen molar-refractivity contribution in [2.24, 2.45) is 0 Å². The molecule has 1 aromatic carbocycles. The summed E-state index contributed by atoms with van der Waals surface area (Å²) in [6, 6.07) is 8.14. The molecule has 1 atom stereocenters. The second-order valence-electron chi connectivity index (χ2n) is 4.67. The topological polar surface area (TPSA) is 32.3 Å². The summed E-state index contributed by atoms with van der Waals surface area (Å²) < 4.78 is 0. The summed E-state index contributed by atoms with van der Waals surface area (Å²) in [4.78, 5) is 0. The minimum atomic E-state index is 0.368. The SMILES string of the molecule is CCCCC(Cc1cccc(O)c1)NCCC. The predicted molar refractivity (Wildman–Crippen MR) is 73.4 cm³/mol. The molecule has 0 aliphatic heterocycles. The molecule has 0 saturated carbocycles. The molecule has 0 aliphatic carbocycles. The Balaban J connectivity index is 2.51. The van der Waals surface area contributed by atoms with Crippen molar-refractivity contribution in [3.63, 3.8) is 0 Å². The van der Waals surface area contributed by atoms with Crippen LogP contribution in [0.2, 0.25) is 0 Å². The van der Waals surface area contributed by atoms with E-state index in [-0.39, 0.29) is 0 Å². The molecule has 0 heterocycles. The Hall–Kier alpha value is -1.02. The Labute approximate surface area is 105 Å². The average molecular weight is 235 g/mol. The van der Waals surface area contributed by atoms with Gasteiger partial charge in [-0.15, -0.1) is 0 Å². The first-order valence-electron chi connectivity index (χ1n) is 6.77. The molecule has 0 aromatic heterocycles. The number of unbranched alkanes of at least 4 members (excludes halogenated alkanes) is 1. The molecule has 0 spiro atoms. The van der Waals surface area contributed by atoms with Gasteiger partial charge in [-0.3, -0.25) is 0 Å². The van der Waals surface area contributed by atoms with Crippen LogP contribution in [-0.4, -0.2) is 17.7 Å². The molecule has 0 bridgehead atoms.